The lowest BCUT2D eigenvalue weighted by Crippen LogP contribution is -2.09. The van der Waals surface area contributed by atoms with Crippen molar-refractivity contribution in [1.82, 2.24) is 0 Å². The zero-order valence-electron chi connectivity index (χ0n) is 12.9. The van der Waals surface area contributed by atoms with Gasteiger partial charge in [-0.25, -0.2) is 0 Å². The van der Waals surface area contributed by atoms with Crippen molar-refractivity contribution in [1.29, 1.82) is 0 Å². The number of benzene rings is 1. The Morgan fingerprint density at radius 2 is 2.22 bits per heavy atom. The molecule has 0 saturated carbocycles. The fourth-order valence-electron chi connectivity index (χ4n) is 1.90. The lowest BCUT2D eigenvalue weighted by molar-refractivity contribution is -0.111. The largest absolute Gasteiger partial charge is 0.384 e. The molecule has 0 unspecified atom stereocenters. The molecule has 1 N–H and O–H groups in total. The Balaban J connectivity index is 1.91. The van der Waals surface area contributed by atoms with E-state index in [0.29, 0.717) is 23.8 Å². The summed E-state index contributed by atoms with van der Waals surface area (Å²) >= 11 is 1.58. The predicted molar refractivity (Wildman–Crippen MR) is 97.0 cm³/mol. The molecular formula is C17H19NO3S2. The maximum Gasteiger partial charge on any atom is 0.248 e. The highest BCUT2D eigenvalue weighted by Gasteiger charge is 2.04. The van der Waals surface area contributed by atoms with Gasteiger partial charge < -0.3 is 10.1 Å². The number of hydrogen-bond acceptors (Lipinski definition) is 4. The van der Waals surface area contributed by atoms with E-state index >= 15 is 0 Å². The van der Waals surface area contributed by atoms with E-state index in [-0.39, 0.29) is 5.91 Å². The molecule has 0 aliphatic carbocycles. The standard InChI is InChI=1S/C17H19NO3S2/c1-21-9-11-23(20)13-14-4-2-5-15(12-14)18-17(19)8-7-16-6-3-10-22-16/h2-8,10,12H,9,11,13H2,1H3,(H,18,19)/b8-7+/t23-/m0/s1. The van der Waals surface area contributed by atoms with E-state index in [2.05, 4.69) is 5.32 Å². The van der Waals surface area contributed by atoms with Gasteiger partial charge in [-0.05, 0) is 35.2 Å². The van der Waals surface area contributed by atoms with Crippen molar-refractivity contribution in [3.63, 3.8) is 0 Å². The van der Waals surface area contributed by atoms with Gasteiger partial charge >= 0.3 is 0 Å². The van der Waals surface area contributed by atoms with E-state index in [1.54, 1.807) is 24.5 Å². The van der Waals surface area contributed by atoms with Crippen molar-refractivity contribution >= 4 is 39.8 Å². The van der Waals surface area contributed by atoms with Crippen LogP contribution in [0.15, 0.2) is 47.9 Å². The maximum atomic E-state index is 11.9. The highest BCUT2D eigenvalue weighted by Crippen LogP contribution is 2.14. The van der Waals surface area contributed by atoms with E-state index in [4.69, 9.17) is 4.74 Å². The van der Waals surface area contributed by atoms with Crippen molar-refractivity contribution in [2.45, 2.75) is 5.75 Å². The van der Waals surface area contributed by atoms with Crippen LogP contribution in [0.3, 0.4) is 0 Å². The van der Waals surface area contributed by atoms with Gasteiger partial charge in [0, 0.05) is 46.1 Å². The number of methoxy groups -OCH3 is 1. The predicted octanol–water partition coefficient (Wildman–Crippen LogP) is 3.30. The first-order valence-electron chi connectivity index (χ1n) is 7.13. The molecule has 0 aliphatic heterocycles. The molecule has 122 valence electrons. The molecule has 1 amide bonds. The number of amides is 1. The Hall–Kier alpha value is -1.76. The minimum absolute atomic E-state index is 0.184. The Bertz CT molecular complexity index is 681. The lowest BCUT2D eigenvalue weighted by Gasteiger charge is -2.06. The fourth-order valence-corrected chi connectivity index (χ4v) is 3.57. The smallest absolute Gasteiger partial charge is 0.248 e. The SMILES string of the molecule is COCC[S@](=O)Cc1cccc(NC(=O)/C=C/c2cccs2)c1. The summed E-state index contributed by atoms with van der Waals surface area (Å²) < 4.78 is 16.8. The molecule has 0 bridgehead atoms. The number of carbonyl (C=O) groups excluding carboxylic acids is 1. The Morgan fingerprint density at radius 1 is 1.35 bits per heavy atom. The van der Waals surface area contributed by atoms with Crippen LogP contribution in [0, 0.1) is 0 Å². The summed E-state index contributed by atoms with van der Waals surface area (Å²) in [5.74, 6) is 0.783. The average molecular weight is 349 g/mol. The van der Waals surface area contributed by atoms with Gasteiger partial charge in [0.2, 0.25) is 5.91 Å². The normalized spacial score (nSPS) is 12.4. The molecule has 2 aromatic rings. The van der Waals surface area contributed by atoms with Crippen LogP contribution in [-0.2, 0) is 26.1 Å². The second-order valence-corrected chi connectivity index (χ2v) is 7.38. The third kappa shape index (κ3) is 6.48. The van der Waals surface area contributed by atoms with Gasteiger partial charge in [-0.3, -0.25) is 9.00 Å². The van der Waals surface area contributed by atoms with Gasteiger partial charge in [-0.15, -0.1) is 11.3 Å². The van der Waals surface area contributed by atoms with Crippen molar-refractivity contribution in [2.24, 2.45) is 0 Å². The summed E-state index contributed by atoms with van der Waals surface area (Å²) in [7, 11) is 0.628. The van der Waals surface area contributed by atoms with E-state index < -0.39 is 10.8 Å². The molecule has 1 atom stereocenters. The minimum Gasteiger partial charge on any atom is -0.384 e. The van der Waals surface area contributed by atoms with Gasteiger partial charge in [0.15, 0.2) is 0 Å². The van der Waals surface area contributed by atoms with Gasteiger partial charge in [-0.2, -0.15) is 0 Å². The summed E-state index contributed by atoms with van der Waals surface area (Å²) in [4.78, 5) is 12.9. The zero-order chi connectivity index (χ0) is 16.5. The Morgan fingerprint density at radius 3 is 2.96 bits per heavy atom. The molecule has 23 heavy (non-hydrogen) atoms. The van der Waals surface area contributed by atoms with Crippen molar-refractivity contribution in [3.8, 4) is 0 Å². The Labute approximate surface area is 142 Å². The quantitative estimate of drug-likeness (QED) is 0.744. The summed E-state index contributed by atoms with van der Waals surface area (Å²) in [5.41, 5.74) is 1.63. The summed E-state index contributed by atoms with van der Waals surface area (Å²) in [5, 5.41) is 4.78. The molecule has 4 nitrogen and oxygen atoms in total. The number of anilines is 1. The van der Waals surface area contributed by atoms with E-state index in [1.807, 2.05) is 41.8 Å². The van der Waals surface area contributed by atoms with E-state index in [1.165, 1.54) is 6.08 Å². The van der Waals surface area contributed by atoms with Crippen molar-refractivity contribution in [2.75, 3.05) is 24.8 Å². The second kappa shape index (κ2) is 9.39. The molecule has 0 spiro atoms. The first-order chi connectivity index (χ1) is 11.2. The zero-order valence-corrected chi connectivity index (χ0v) is 14.5. The van der Waals surface area contributed by atoms with Gasteiger partial charge in [0.1, 0.15) is 0 Å². The first kappa shape index (κ1) is 17.6. The molecular weight excluding hydrogens is 330 g/mol. The molecule has 2 rings (SSSR count). The number of thiophene rings is 1. The summed E-state index contributed by atoms with van der Waals surface area (Å²) in [6, 6.07) is 11.3. The van der Waals surface area contributed by atoms with Crippen LogP contribution in [0.1, 0.15) is 10.4 Å². The number of ether oxygens (including phenoxy) is 1. The first-order valence-corrected chi connectivity index (χ1v) is 9.49. The van der Waals surface area contributed by atoms with Crippen molar-refractivity contribution < 1.29 is 13.7 Å². The van der Waals surface area contributed by atoms with Crippen LogP contribution in [0.25, 0.3) is 6.08 Å². The second-order valence-electron chi connectivity index (χ2n) is 4.82. The highest BCUT2D eigenvalue weighted by atomic mass is 32.2. The third-order valence-electron chi connectivity index (χ3n) is 2.98. The molecule has 0 aliphatic rings. The molecule has 1 heterocycles. The summed E-state index contributed by atoms with van der Waals surface area (Å²) in [6.07, 6.45) is 3.29. The van der Waals surface area contributed by atoms with Crippen molar-refractivity contribution in [3.05, 3.63) is 58.3 Å². The Kier molecular flexibility index (Phi) is 7.19. The molecule has 0 fully saturated rings. The van der Waals surface area contributed by atoms with Crippen LogP contribution < -0.4 is 5.32 Å². The fraction of sp³-hybridized carbons (Fsp3) is 0.235. The van der Waals surface area contributed by atoms with Crippen LogP contribution in [0.5, 0.6) is 0 Å². The van der Waals surface area contributed by atoms with Gasteiger partial charge in [0.05, 0.1) is 6.61 Å². The molecule has 0 saturated heterocycles. The minimum atomic E-state index is -0.966. The number of carbonyl (C=O) groups is 1. The third-order valence-corrected chi connectivity index (χ3v) is 5.09. The molecule has 1 aromatic heterocycles. The lowest BCUT2D eigenvalue weighted by atomic mass is 10.2. The number of rotatable bonds is 8. The van der Waals surface area contributed by atoms with Gasteiger partial charge in [0.25, 0.3) is 0 Å². The van der Waals surface area contributed by atoms with Crippen LogP contribution in [0.2, 0.25) is 0 Å². The van der Waals surface area contributed by atoms with Crippen LogP contribution >= 0.6 is 11.3 Å². The van der Waals surface area contributed by atoms with E-state index in [0.717, 1.165) is 10.4 Å². The topological polar surface area (TPSA) is 55.4 Å². The molecule has 0 radical (unpaired) electrons. The van der Waals surface area contributed by atoms with Crippen LogP contribution in [0.4, 0.5) is 5.69 Å². The number of hydrogen-bond donors (Lipinski definition) is 1. The molecule has 6 heteroatoms. The monoisotopic (exact) mass is 349 g/mol. The van der Waals surface area contributed by atoms with E-state index in [9.17, 15) is 9.00 Å². The molecule has 1 aromatic carbocycles. The van der Waals surface area contributed by atoms with Crippen LogP contribution in [-0.4, -0.2) is 29.6 Å². The average Bonchev–Trinajstić information content (AvgIpc) is 3.05. The highest BCUT2D eigenvalue weighted by molar-refractivity contribution is 7.84. The maximum absolute atomic E-state index is 11.9. The van der Waals surface area contributed by atoms with Gasteiger partial charge in [-0.1, -0.05) is 18.2 Å². The number of nitrogens with one attached hydrogen (secondary N) is 1. The summed E-state index contributed by atoms with van der Waals surface area (Å²) in [6.45, 7) is 0.483.